The Morgan fingerprint density at radius 3 is 2.55 bits per heavy atom. The van der Waals surface area contributed by atoms with Crippen molar-refractivity contribution in [2.75, 3.05) is 23.5 Å². The minimum atomic E-state index is -4.53. The maximum atomic E-state index is 12.8. The largest absolute Gasteiger partial charge is 0.456 e. The Balaban J connectivity index is 1.51. The van der Waals surface area contributed by atoms with E-state index in [-0.39, 0.29) is 12.1 Å². The predicted octanol–water partition coefficient (Wildman–Crippen LogP) is 4.41. The Morgan fingerprint density at radius 1 is 1.19 bits per heavy atom. The molecule has 2 aromatic carbocycles. The van der Waals surface area contributed by atoms with Crippen molar-refractivity contribution in [1.82, 2.24) is 0 Å². The van der Waals surface area contributed by atoms with Crippen molar-refractivity contribution in [2.45, 2.75) is 27.6 Å². The average molecular weight is 470 g/mol. The first-order valence-electron chi connectivity index (χ1n) is 8.94. The molecule has 1 atom stereocenters. The van der Waals surface area contributed by atoms with E-state index in [1.54, 1.807) is 23.9 Å². The SMILES string of the molecule is CSc1ccc(NC(=O)COC(=O)CC2Sc3ccc(C(F)(F)F)cc3NC2=O)cc1. The summed E-state index contributed by atoms with van der Waals surface area (Å²) in [7, 11) is 0. The van der Waals surface area contributed by atoms with E-state index in [2.05, 4.69) is 10.6 Å². The third-order valence-corrected chi connectivity index (χ3v) is 6.24. The van der Waals surface area contributed by atoms with Crippen LogP contribution >= 0.6 is 23.5 Å². The highest BCUT2D eigenvalue weighted by atomic mass is 32.2. The number of hydrogen-bond acceptors (Lipinski definition) is 6. The Hall–Kier alpha value is -2.66. The van der Waals surface area contributed by atoms with Gasteiger partial charge >= 0.3 is 12.1 Å². The molecule has 1 heterocycles. The second-order valence-corrected chi connectivity index (χ2v) is 8.57. The average Bonchev–Trinajstić information content (AvgIpc) is 2.72. The van der Waals surface area contributed by atoms with Gasteiger partial charge in [-0.05, 0) is 48.7 Å². The van der Waals surface area contributed by atoms with E-state index in [4.69, 9.17) is 4.74 Å². The molecule has 0 saturated heterocycles. The van der Waals surface area contributed by atoms with Gasteiger partial charge in [0.15, 0.2) is 6.61 Å². The highest BCUT2D eigenvalue weighted by Gasteiger charge is 2.34. The summed E-state index contributed by atoms with van der Waals surface area (Å²) < 4.78 is 43.4. The van der Waals surface area contributed by atoms with Crippen molar-refractivity contribution >= 4 is 52.7 Å². The molecule has 6 nitrogen and oxygen atoms in total. The molecule has 164 valence electrons. The van der Waals surface area contributed by atoms with Crippen LogP contribution in [0.4, 0.5) is 24.5 Å². The standard InChI is InChI=1S/C20H17F3N2O4S2/c1-30-13-5-3-12(4-6-13)24-17(26)10-29-18(27)9-16-19(28)25-14-8-11(20(21,22)23)2-7-15(14)31-16/h2-8,16H,9-10H2,1H3,(H,24,26)(H,25,28). The monoisotopic (exact) mass is 470 g/mol. The second kappa shape index (κ2) is 9.65. The first-order chi connectivity index (χ1) is 14.7. The number of thioether (sulfide) groups is 2. The van der Waals surface area contributed by atoms with Crippen LogP contribution in [0.5, 0.6) is 0 Å². The van der Waals surface area contributed by atoms with Crippen LogP contribution in [0.1, 0.15) is 12.0 Å². The lowest BCUT2D eigenvalue weighted by molar-refractivity contribution is -0.147. The molecule has 0 spiro atoms. The molecular weight excluding hydrogens is 453 g/mol. The molecule has 0 aromatic heterocycles. The molecule has 11 heteroatoms. The van der Waals surface area contributed by atoms with Gasteiger partial charge in [-0.15, -0.1) is 23.5 Å². The van der Waals surface area contributed by atoms with Crippen molar-refractivity contribution in [3.8, 4) is 0 Å². The fourth-order valence-corrected chi connectivity index (χ4v) is 4.17. The Morgan fingerprint density at radius 2 is 1.90 bits per heavy atom. The topological polar surface area (TPSA) is 84.5 Å². The van der Waals surface area contributed by atoms with Gasteiger partial charge in [-0.3, -0.25) is 14.4 Å². The molecule has 1 unspecified atom stereocenters. The second-order valence-electron chi connectivity index (χ2n) is 6.45. The lowest BCUT2D eigenvalue weighted by Crippen LogP contribution is -2.32. The molecule has 2 amide bonds. The third kappa shape index (κ3) is 6.17. The molecule has 2 N–H and O–H groups in total. The highest BCUT2D eigenvalue weighted by molar-refractivity contribution is 8.01. The summed E-state index contributed by atoms with van der Waals surface area (Å²) in [6.07, 6.45) is -2.93. The van der Waals surface area contributed by atoms with E-state index in [1.807, 2.05) is 18.4 Å². The molecule has 0 radical (unpaired) electrons. The van der Waals surface area contributed by atoms with E-state index >= 15 is 0 Å². The van der Waals surface area contributed by atoms with E-state index in [0.29, 0.717) is 10.6 Å². The van der Waals surface area contributed by atoms with Crippen molar-refractivity contribution in [2.24, 2.45) is 0 Å². The number of halogens is 3. The van der Waals surface area contributed by atoms with Gasteiger partial charge in [-0.25, -0.2) is 0 Å². The molecular formula is C20H17F3N2O4S2. The van der Waals surface area contributed by atoms with Gasteiger partial charge in [0, 0.05) is 15.5 Å². The van der Waals surface area contributed by atoms with Crippen molar-refractivity contribution in [1.29, 1.82) is 0 Å². The molecule has 0 bridgehead atoms. The normalized spacial score (nSPS) is 15.6. The molecule has 2 aromatic rings. The summed E-state index contributed by atoms with van der Waals surface area (Å²) in [5.74, 6) is -1.90. The molecule has 0 saturated carbocycles. The van der Waals surface area contributed by atoms with Crippen LogP contribution in [-0.2, 0) is 25.3 Å². The number of ether oxygens (including phenoxy) is 1. The molecule has 0 fully saturated rings. The van der Waals surface area contributed by atoms with Crippen LogP contribution in [-0.4, -0.2) is 35.9 Å². The summed E-state index contributed by atoms with van der Waals surface area (Å²) in [5.41, 5.74) is -0.281. The number of benzene rings is 2. The number of nitrogens with one attached hydrogen (secondary N) is 2. The first kappa shape index (κ1) is 23.0. The molecule has 1 aliphatic heterocycles. The minimum Gasteiger partial charge on any atom is -0.456 e. The van der Waals surface area contributed by atoms with E-state index in [9.17, 15) is 27.6 Å². The van der Waals surface area contributed by atoms with Crippen LogP contribution < -0.4 is 10.6 Å². The summed E-state index contributed by atoms with van der Waals surface area (Å²) in [6, 6.07) is 10.1. The molecule has 0 aliphatic carbocycles. The Kier molecular flexibility index (Phi) is 7.16. The van der Waals surface area contributed by atoms with Gasteiger partial charge in [0.25, 0.3) is 5.91 Å². The number of amides is 2. The lowest BCUT2D eigenvalue weighted by Gasteiger charge is -2.24. The van der Waals surface area contributed by atoms with Gasteiger partial charge in [0.2, 0.25) is 5.91 Å². The number of hydrogen-bond donors (Lipinski definition) is 2. The van der Waals surface area contributed by atoms with Gasteiger partial charge in [0.05, 0.1) is 22.9 Å². The summed E-state index contributed by atoms with van der Waals surface area (Å²) >= 11 is 2.53. The van der Waals surface area contributed by atoms with Crippen LogP contribution in [0, 0.1) is 0 Å². The van der Waals surface area contributed by atoms with Gasteiger partial charge in [0.1, 0.15) is 0 Å². The number of esters is 1. The number of fused-ring (bicyclic) bond motifs is 1. The fourth-order valence-electron chi connectivity index (χ4n) is 2.69. The molecule has 1 aliphatic rings. The highest BCUT2D eigenvalue weighted by Crippen LogP contribution is 2.40. The van der Waals surface area contributed by atoms with Crippen LogP contribution in [0.2, 0.25) is 0 Å². The van der Waals surface area contributed by atoms with Crippen LogP contribution in [0.25, 0.3) is 0 Å². The Labute approximate surface area is 184 Å². The summed E-state index contributed by atoms with van der Waals surface area (Å²) in [6.45, 7) is -0.520. The number of carbonyl (C=O) groups is 3. The van der Waals surface area contributed by atoms with Gasteiger partial charge in [-0.2, -0.15) is 13.2 Å². The molecule has 3 rings (SSSR count). The maximum absolute atomic E-state index is 12.8. The first-order valence-corrected chi connectivity index (χ1v) is 11.0. The number of alkyl halides is 3. The zero-order chi connectivity index (χ0) is 22.6. The van der Waals surface area contributed by atoms with Gasteiger partial charge < -0.3 is 15.4 Å². The maximum Gasteiger partial charge on any atom is 0.416 e. The zero-order valence-corrected chi connectivity index (χ0v) is 17.7. The van der Waals surface area contributed by atoms with Crippen molar-refractivity contribution in [3.05, 3.63) is 48.0 Å². The van der Waals surface area contributed by atoms with Crippen LogP contribution in [0.3, 0.4) is 0 Å². The Bertz CT molecular complexity index is 997. The van der Waals surface area contributed by atoms with Crippen molar-refractivity contribution in [3.63, 3.8) is 0 Å². The van der Waals surface area contributed by atoms with Crippen LogP contribution in [0.15, 0.2) is 52.3 Å². The number of rotatable bonds is 6. The predicted molar refractivity (Wildman–Crippen MR) is 112 cm³/mol. The lowest BCUT2D eigenvalue weighted by atomic mass is 10.1. The summed E-state index contributed by atoms with van der Waals surface area (Å²) in [4.78, 5) is 37.6. The number of anilines is 2. The van der Waals surface area contributed by atoms with E-state index in [1.165, 1.54) is 6.07 Å². The van der Waals surface area contributed by atoms with Gasteiger partial charge in [-0.1, -0.05) is 0 Å². The van der Waals surface area contributed by atoms with E-state index in [0.717, 1.165) is 28.8 Å². The quantitative estimate of drug-likeness (QED) is 0.481. The zero-order valence-electron chi connectivity index (χ0n) is 16.1. The minimum absolute atomic E-state index is 0.0429. The van der Waals surface area contributed by atoms with E-state index < -0.39 is 41.4 Å². The van der Waals surface area contributed by atoms with Crippen molar-refractivity contribution < 1.29 is 32.3 Å². The molecule has 31 heavy (non-hydrogen) atoms. The number of carbonyl (C=O) groups excluding carboxylic acids is 3. The smallest absolute Gasteiger partial charge is 0.416 e. The third-order valence-electron chi connectivity index (χ3n) is 4.22. The fraction of sp³-hybridized carbons (Fsp3) is 0.250. The summed E-state index contributed by atoms with van der Waals surface area (Å²) in [5, 5.41) is 4.10.